The molecule has 9 heteroatoms. The fraction of sp³-hybridized carbons (Fsp3) is 0.737. The van der Waals surface area contributed by atoms with Crippen LogP contribution in [0.25, 0.3) is 0 Å². The van der Waals surface area contributed by atoms with Crippen molar-refractivity contribution >= 4 is 17.9 Å². The Morgan fingerprint density at radius 3 is 2.36 bits per heavy atom. The van der Waals surface area contributed by atoms with Crippen molar-refractivity contribution in [2.45, 2.75) is 78.2 Å². The van der Waals surface area contributed by atoms with Gasteiger partial charge in [-0.25, -0.2) is 15.0 Å². The number of hydrogen-bond donors (Lipinski definition) is 5. The second-order valence-electron chi connectivity index (χ2n) is 7.45. The molecule has 0 aliphatic heterocycles. The van der Waals surface area contributed by atoms with Crippen LogP contribution in [0.15, 0.2) is 11.6 Å². The molecule has 1 aliphatic carbocycles. The van der Waals surface area contributed by atoms with Crippen molar-refractivity contribution in [2.24, 2.45) is 5.92 Å². The molecule has 3 amide bonds. The Morgan fingerprint density at radius 1 is 1.21 bits per heavy atom. The van der Waals surface area contributed by atoms with Crippen molar-refractivity contribution in [3.05, 3.63) is 11.6 Å². The molecule has 0 saturated carbocycles. The zero-order valence-corrected chi connectivity index (χ0v) is 17.4. The number of urea groups is 1. The molecule has 0 radical (unpaired) electrons. The minimum Gasteiger partial charge on any atom is -0.478 e. The molecule has 0 saturated heterocycles. The normalized spacial score (nSPS) is 22.0. The summed E-state index contributed by atoms with van der Waals surface area (Å²) < 4.78 is 6.07. The topological polar surface area (TPSA) is 129 Å². The Balaban J connectivity index is 2.99. The molecular weight excluding hydrogens is 364 g/mol. The number of carboxylic acid groups (broad SMARTS) is 1. The second-order valence-corrected chi connectivity index (χ2v) is 7.45. The predicted molar refractivity (Wildman–Crippen MR) is 105 cm³/mol. The van der Waals surface area contributed by atoms with Gasteiger partial charge < -0.3 is 20.5 Å². The van der Waals surface area contributed by atoms with Gasteiger partial charge in [0.2, 0.25) is 5.91 Å². The molecule has 9 nitrogen and oxygen atoms in total. The van der Waals surface area contributed by atoms with Gasteiger partial charge in [-0.1, -0.05) is 27.7 Å². The SMILES string of the molecule is CCC(CC)O[C@@H]1C=C(C(=O)O)C[C@H](NC(=O)NNCC(C)C)[C@H]1NC(C)=O. The maximum atomic E-state index is 12.2. The number of carbonyl (C=O) groups is 3. The van der Waals surface area contributed by atoms with Crippen LogP contribution >= 0.6 is 0 Å². The van der Waals surface area contributed by atoms with E-state index in [0.717, 1.165) is 12.8 Å². The first-order valence-electron chi connectivity index (χ1n) is 9.83. The molecular formula is C19H34N4O5. The summed E-state index contributed by atoms with van der Waals surface area (Å²) in [7, 11) is 0. The minimum atomic E-state index is -1.07. The summed E-state index contributed by atoms with van der Waals surface area (Å²) in [5.74, 6) is -0.994. The third-order valence-corrected chi connectivity index (χ3v) is 4.53. The third kappa shape index (κ3) is 7.85. The number of aliphatic carboxylic acids is 1. The largest absolute Gasteiger partial charge is 0.478 e. The molecule has 160 valence electrons. The standard InChI is InChI=1S/C19H34N4O5/c1-6-14(7-2)28-16-9-13(18(25)26)8-15(17(16)21-12(5)24)22-19(27)23-20-10-11(3)4/h9,11,14-17,20H,6-8,10H2,1-5H3,(H,21,24)(H,25,26)(H2,22,23,27)/t15-,16+,17+/m0/s1. The van der Waals surface area contributed by atoms with Gasteiger partial charge in [0.25, 0.3) is 0 Å². The van der Waals surface area contributed by atoms with Crippen molar-refractivity contribution in [3.63, 3.8) is 0 Å². The lowest BCUT2D eigenvalue weighted by atomic mass is 9.87. The van der Waals surface area contributed by atoms with E-state index in [1.807, 2.05) is 27.7 Å². The van der Waals surface area contributed by atoms with Crippen molar-refractivity contribution in [1.29, 1.82) is 0 Å². The van der Waals surface area contributed by atoms with Gasteiger partial charge in [0.15, 0.2) is 0 Å². The van der Waals surface area contributed by atoms with Gasteiger partial charge in [0.05, 0.1) is 24.3 Å². The van der Waals surface area contributed by atoms with E-state index in [4.69, 9.17) is 4.74 Å². The van der Waals surface area contributed by atoms with E-state index >= 15 is 0 Å². The summed E-state index contributed by atoms with van der Waals surface area (Å²) in [4.78, 5) is 35.5. The lowest BCUT2D eigenvalue weighted by Gasteiger charge is -2.38. The molecule has 0 fully saturated rings. The molecule has 0 aromatic rings. The molecule has 0 aromatic carbocycles. The van der Waals surface area contributed by atoms with E-state index < -0.39 is 30.2 Å². The van der Waals surface area contributed by atoms with Crippen LogP contribution in [0.2, 0.25) is 0 Å². The quantitative estimate of drug-likeness (QED) is 0.353. The van der Waals surface area contributed by atoms with E-state index in [1.165, 1.54) is 13.0 Å². The number of nitrogens with one attached hydrogen (secondary N) is 4. The highest BCUT2D eigenvalue weighted by molar-refractivity contribution is 5.87. The first-order valence-corrected chi connectivity index (χ1v) is 9.83. The Bertz CT molecular complexity index is 575. The van der Waals surface area contributed by atoms with Gasteiger partial charge in [-0.3, -0.25) is 10.2 Å². The second kappa shape index (κ2) is 11.7. The van der Waals surface area contributed by atoms with Crippen molar-refractivity contribution in [1.82, 2.24) is 21.5 Å². The maximum absolute atomic E-state index is 12.2. The molecule has 0 heterocycles. The van der Waals surface area contributed by atoms with Crippen molar-refractivity contribution < 1.29 is 24.2 Å². The molecule has 0 spiro atoms. The van der Waals surface area contributed by atoms with Crippen LogP contribution in [-0.4, -0.2) is 53.9 Å². The summed E-state index contributed by atoms with van der Waals surface area (Å²) in [5, 5.41) is 15.0. The average Bonchev–Trinajstić information content (AvgIpc) is 2.60. The molecule has 28 heavy (non-hydrogen) atoms. The summed E-state index contributed by atoms with van der Waals surface area (Å²) in [6.07, 6.45) is 2.41. The van der Waals surface area contributed by atoms with E-state index in [-0.39, 0.29) is 24.0 Å². The molecule has 0 unspecified atom stereocenters. The first-order chi connectivity index (χ1) is 13.2. The van der Waals surface area contributed by atoms with Gasteiger partial charge in [0, 0.05) is 25.5 Å². The molecule has 0 bridgehead atoms. The third-order valence-electron chi connectivity index (χ3n) is 4.53. The van der Waals surface area contributed by atoms with Gasteiger partial charge >= 0.3 is 12.0 Å². The lowest BCUT2D eigenvalue weighted by molar-refractivity contribution is -0.133. The Kier molecular flexibility index (Phi) is 9.95. The smallest absolute Gasteiger partial charge is 0.331 e. The van der Waals surface area contributed by atoms with Gasteiger partial charge in [-0.2, -0.15) is 0 Å². The number of carbonyl (C=O) groups excluding carboxylic acids is 2. The van der Waals surface area contributed by atoms with Crippen molar-refractivity contribution in [2.75, 3.05) is 6.54 Å². The van der Waals surface area contributed by atoms with E-state index in [2.05, 4.69) is 21.5 Å². The fourth-order valence-corrected chi connectivity index (χ4v) is 3.05. The monoisotopic (exact) mass is 398 g/mol. The minimum absolute atomic E-state index is 0.0761. The maximum Gasteiger partial charge on any atom is 0.331 e. The average molecular weight is 399 g/mol. The Morgan fingerprint density at radius 2 is 1.86 bits per heavy atom. The highest BCUT2D eigenvalue weighted by Crippen LogP contribution is 2.24. The summed E-state index contributed by atoms with van der Waals surface area (Å²) >= 11 is 0. The van der Waals surface area contributed by atoms with E-state index in [0.29, 0.717) is 12.5 Å². The van der Waals surface area contributed by atoms with Gasteiger partial charge in [0.1, 0.15) is 0 Å². The number of carboxylic acids is 1. The summed E-state index contributed by atoms with van der Waals surface area (Å²) in [5.41, 5.74) is 5.50. The van der Waals surface area contributed by atoms with Crippen LogP contribution in [0, 0.1) is 5.92 Å². The molecule has 1 aliphatic rings. The van der Waals surface area contributed by atoms with E-state index in [1.54, 1.807) is 0 Å². The number of rotatable bonds is 10. The summed E-state index contributed by atoms with van der Waals surface area (Å²) in [6.45, 7) is 9.94. The lowest BCUT2D eigenvalue weighted by Crippen LogP contribution is -2.61. The van der Waals surface area contributed by atoms with Crippen LogP contribution in [-0.2, 0) is 14.3 Å². The van der Waals surface area contributed by atoms with Crippen LogP contribution in [0.3, 0.4) is 0 Å². The first kappa shape index (κ1) is 23.9. The molecule has 3 atom stereocenters. The highest BCUT2D eigenvalue weighted by Gasteiger charge is 2.38. The molecule has 0 aromatic heterocycles. The van der Waals surface area contributed by atoms with Crippen molar-refractivity contribution in [3.8, 4) is 0 Å². The number of hydrazine groups is 1. The number of ether oxygens (including phenoxy) is 1. The van der Waals surface area contributed by atoms with Crippen LogP contribution in [0.4, 0.5) is 4.79 Å². The molecule has 1 rings (SSSR count). The summed E-state index contributed by atoms with van der Waals surface area (Å²) in [6, 6.07) is -1.69. The number of amides is 3. The predicted octanol–water partition coefficient (Wildman–Crippen LogP) is 1.31. The van der Waals surface area contributed by atoms with Gasteiger partial charge in [-0.15, -0.1) is 0 Å². The van der Waals surface area contributed by atoms with E-state index in [9.17, 15) is 19.5 Å². The van der Waals surface area contributed by atoms with Gasteiger partial charge in [-0.05, 0) is 24.8 Å². The Hall–Kier alpha value is -2.13. The van der Waals surface area contributed by atoms with Crippen LogP contribution in [0.1, 0.15) is 53.9 Å². The van der Waals surface area contributed by atoms with Crippen LogP contribution < -0.4 is 21.5 Å². The fourth-order valence-electron chi connectivity index (χ4n) is 3.05. The molecule has 5 N–H and O–H groups in total. The highest BCUT2D eigenvalue weighted by atomic mass is 16.5. The van der Waals surface area contributed by atoms with Crippen LogP contribution in [0.5, 0.6) is 0 Å². The Labute approximate surface area is 166 Å². The zero-order chi connectivity index (χ0) is 21.3. The zero-order valence-electron chi connectivity index (χ0n) is 17.4. The number of hydrogen-bond acceptors (Lipinski definition) is 5.